The summed E-state index contributed by atoms with van der Waals surface area (Å²) in [4.78, 5) is 38.9. The standard InChI is InChI=1S/C30H35ClN4O7S/c1-20(2)17-32-30(37)22(4)33(18-23-8-6-7-9-27(23)31)29(36)19-34(24-11-13-25(42-5)14-12-24)43(40,41)26-15-10-21(3)28(16-26)35(38)39/h6-16,20,22H,17-19H2,1-5H3,(H,32,37). The van der Waals surface area contributed by atoms with Crippen LogP contribution in [0.1, 0.15) is 31.9 Å². The minimum absolute atomic E-state index is 0.0682. The maximum absolute atomic E-state index is 14.0. The van der Waals surface area contributed by atoms with Crippen molar-refractivity contribution in [3.63, 3.8) is 0 Å². The molecule has 0 radical (unpaired) electrons. The normalized spacial score (nSPS) is 12.0. The third-order valence-electron chi connectivity index (χ3n) is 6.75. The van der Waals surface area contributed by atoms with E-state index in [1.807, 2.05) is 13.8 Å². The fourth-order valence-electron chi connectivity index (χ4n) is 4.20. The molecular formula is C30H35ClN4O7S. The Hall–Kier alpha value is -4.16. The minimum Gasteiger partial charge on any atom is -0.497 e. The van der Waals surface area contributed by atoms with Crippen LogP contribution < -0.4 is 14.4 Å². The van der Waals surface area contributed by atoms with Gasteiger partial charge in [-0.1, -0.05) is 49.7 Å². The van der Waals surface area contributed by atoms with Crippen LogP contribution in [0.25, 0.3) is 0 Å². The van der Waals surface area contributed by atoms with Gasteiger partial charge in [-0.25, -0.2) is 8.42 Å². The van der Waals surface area contributed by atoms with E-state index >= 15 is 0 Å². The number of nitro groups is 1. The molecule has 1 N–H and O–H groups in total. The van der Waals surface area contributed by atoms with Gasteiger partial charge in [0, 0.05) is 29.7 Å². The lowest BCUT2D eigenvalue weighted by Crippen LogP contribution is -2.51. The molecule has 1 unspecified atom stereocenters. The zero-order valence-electron chi connectivity index (χ0n) is 24.6. The number of sulfonamides is 1. The molecule has 0 bridgehead atoms. The Morgan fingerprint density at radius 3 is 2.28 bits per heavy atom. The summed E-state index contributed by atoms with van der Waals surface area (Å²) in [6.07, 6.45) is 0. The van der Waals surface area contributed by atoms with Crippen LogP contribution in [0.4, 0.5) is 11.4 Å². The lowest BCUT2D eigenvalue weighted by atomic mass is 10.1. The SMILES string of the molecule is COc1ccc(N(CC(=O)N(Cc2ccccc2Cl)C(C)C(=O)NCC(C)C)S(=O)(=O)c2ccc(C)c([N+](=O)[O-])c2)cc1. The number of hydrogen-bond donors (Lipinski definition) is 1. The maximum Gasteiger partial charge on any atom is 0.273 e. The number of carbonyl (C=O) groups excluding carboxylic acids is 2. The predicted molar refractivity (Wildman–Crippen MR) is 165 cm³/mol. The predicted octanol–water partition coefficient (Wildman–Crippen LogP) is 4.95. The average molecular weight is 631 g/mol. The zero-order valence-corrected chi connectivity index (χ0v) is 26.2. The summed E-state index contributed by atoms with van der Waals surface area (Å²) in [5.41, 5.74) is 0.585. The molecule has 0 aliphatic rings. The van der Waals surface area contributed by atoms with Crippen molar-refractivity contribution in [2.45, 2.75) is 45.2 Å². The molecule has 13 heteroatoms. The summed E-state index contributed by atoms with van der Waals surface area (Å²) >= 11 is 6.38. The van der Waals surface area contributed by atoms with Crippen LogP contribution >= 0.6 is 11.6 Å². The summed E-state index contributed by atoms with van der Waals surface area (Å²) in [7, 11) is -3.05. The number of aryl methyl sites for hydroxylation is 1. The summed E-state index contributed by atoms with van der Waals surface area (Å²) in [5, 5.41) is 14.8. The lowest BCUT2D eigenvalue weighted by molar-refractivity contribution is -0.385. The Labute approximate surface area is 256 Å². The Bertz CT molecular complexity index is 1580. The number of ether oxygens (including phenoxy) is 1. The Kier molecular flexibility index (Phi) is 11.1. The Morgan fingerprint density at radius 2 is 1.70 bits per heavy atom. The molecule has 0 aliphatic heterocycles. The van der Waals surface area contributed by atoms with Crippen LogP contribution in [-0.2, 0) is 26.2 Å². The first-order valence-electron chi connectivity index (χ1n) is 13.5. The molecule has 0 saturated carbocycles. The molecule has 0 aromatic heterocycles. The number of nitrogens with zero attached hydrogens (tertiary/aromatic N) is 3. The van der Waals surface area contributed by atoms with Gasteiger partial charge in [-0.05, 0) is 61.7 Å². The fourth-order valence-corrected chi connectivity index (χ4v) is 5.83. The maximum atomic E-state index is 14.0. The second-order valence-electron chi connectivity index (χ2n) is 10.3. The third kappa shape index (κ3) is 8.23. The molecule has 0 aliphatic carbocycles. The molecule has 0 fully saturated rings. The van der Waals surface area contributed by atoms with E-state index in [1.165, 1.54) is 55.3 Å². The van der Waals surface area contributed by atoms with E-state index in [-0.39, 0.29) is 34.3 Å². The van der Waals surface area contributed by atoms with Crippen molar-refractivity contribution in [1.82, 2.24) is 10.2 Å². The Morgan fingerprint density at radius 1 is 1.05 bits per heavy atom. The van der Waals surface area contributed by atoms with Gasteiger partial charge in [0.2, 0.25) is 11.8 Å². The number of nitro benzene ring substituents is 1. The fraction of sp³-hybridized carbons (Fsp3) is 0.333. The lowest BCUT2D eigenvalue weighted by Gasteiger charge is -2.32. The van der Waals surface area contributed by atoms with Crippen LogP contribution in [0, 0.1) is 23.0 Å². The quantitative estimate of drug-likeness (QED) is 0.208. The molecule has 3 aromatic carbocycles. The van der Waals surface area contributed by atoms with E-state index in [0.29, 0.717) is 22.9 Å². The van der Waals surface area contributed by atoms with E-state index in [0.717, 1.165) is 10.4 Å². The van der Waals surface area contributed by atoms with Crippen LogP contribution in [0.15, 0.2) is 71.6 Å². The number of benzene rings is 3. The van der Waals surface area contributed by atoms with E-state index in [4.69, 9.17) is 16.3 Å². The number of rotatable bonds is 13. The molecule has 0 heterocycles. The zero-order chi connectivity index (χ0) is 31.9. The monoisotopic (exact) mass is 630 g/mol. The number of halogens is 1. The smallest absolute Gasteiger partial charge is 0.273 e. The molecule has 3 aromatic rings. The average Bonchev–Trinajstić information content (AvgIpc) is 2.97. The van der Waals surface area contributed by atoms with Crippen molar-refractivity contribution in [2.24, 2.45) is 5.92 Å². The first kappa shape index (κ1) is 33.3. The van der Waals surface area contributed by atoms with Crippen molar-refractivity contribution >= 4 is 44.8 Å². The summed E-state index contributed by atoms with van der Waals surface area (Å²) in [6, 6.07) is 15.4. The number of amides is 2. The molecule has 11 nitrogen and oxygen atoms in total. The molecule has 0 saturated heterocycles. The first-order valence-corrected chi connectivity index (χ1v) is 15.3. The highest BCUT2D eigenvalue weighted by atomic mass is 35.5. The van der Waals surface area contributed by atoms with E-state index in [9.17, 15) is 28.1 Å². The van der Waals surface area contributed by atoms with Gasteiger partial charge in [0.1, 0.15) is 18.3 Å². The molecular weight excluding hydrogens is 596 g/mol. The second-order valence-corrected chi connectivity index (χ2v) is 12.6. The number of carbonyl (C=O) groups is 2. The van der Waals surface area contributed by atoms with Crippen LogP contribution in [0.3, 0.4) is 0 Å². The van der Waals surface area contributed by atoms with Crippen LogP contribution in [-0.4, -0.2) is 56.3 Å². The summed E-state index contributed by atoms with van der Waals surface area (Å²) < 4.78 is 34.1. The van der Waals surface area contributed by atoms with Crippen LogP contribution in [0.5, 0.6) is 5.75 Å². The molecule has 1 atom stereocenters. The van der Waals surface area contributed by atoms with Gasteiger partial charge in [0.15, 0.2) is 0 Å². The van der Waals surface area contributed by atoms with E-state index in [1.54, 1.807) is 31.2 Å². The minimum atomic E-state index is -4.51. The number of anilines is 1. The topological polar surface area (TPSA) is 139 Å². The highest BCUT2D eigenvalue weighted by Gasteiger charge is 2.33. The van der Waals surface area contributed by atoms with Gasteiger partial charge < -0.3 is 15.0 Å². The molecule has 230 valence electrons. The van der Waals surface area contributed by atoms with Gasteiger partial charge in [-0.3, -0.25) is 24.0 Å². The van der Waals surface area contributed by atoms with Gasteiger partial charge >= 0.3 is 0 Å². The van der Waals surface area contributed by atoms with Gasteiger partial charge in [0.25, 0.3) is 15.7 Å². The molecule has 2 amide bonds. The van der Waals surface area contributed by atoms with E-state index in [2.05, 4.69) is 5.32 Å². The number of hydrogen-bond acceptors (Lipinski definition) is 7. The highest BCUT2D eigenvalue weighted by molar-refractivity contribution is 7.92. The highest BCUT2D eigenvalue weighted by Crippen LogP contribution is 2.30. The van der Waals surface area contributed by atoms with E-state index < -0.39 is 39.3 Å². The van der Waals surface area contributed by atoms with Crippen molar-refractivity contribution < 1.29 is 27.7 Å². The summed E-state index contributed by atoms with van der Waals surface area (Å²) in [5.74, 6) is -0.484. The number of methoxy groups -OCH3 is 1. The van der Waals surface area contributed by atoms with Gasteiger partial charge in [0.05, 0.1) is 22.6 Å². The third-order valence-corrected chi connectivity index (χ3v) is 8.89. The van der Waals surface area contributed by atoms with Crippen molar-refractivity contribution in [1.29, 1.82) is 0 Å². The first-order chi connectivity index (χ1) is 20.3. The van der Waals surface area contributed by atoms with Crippen LogP contribution in [0.2, 0.25) is 5.02 Å². The van der Waals surface area contributed by atoms with Gasteiger partial charge in [-0.2, -0.15) is 0 Å². The van der Waals surface area contributed by atoms with Gasteiger partial charge in [-0.15, -0.1) is 0 Å². The molecule has 0 spiro atoms. The van der Waals surface area contributed by atoms with Crippen molar-refractivity contribution in [3.8, 4) is 5.75 Å². The largest absolute Gasteiger partial charge is 0.497 e. The second kappa shape index (κ2) is 14.3. The Balaban J connectivity index is 2.09. The molecule has 3 rings (SSSR count). The van der Waals surface area contributed by atoms with Crippen molar-refractivity contribution in [2.75, 3.05) is 24.5 Å². The molecule has 43 heavy (non-hydrogen) atoms. The van der Waals surface area contributed by atoms with Crippen molar-refractivity contribution in [3.05, 3.63) is 93.0 Å². The number of nitrogens with one attached hydrogen (secondary N) is 1. The summed E-state index contributed by atoms with van der Waals surface area (Å²) in [6.45, 7) is 6.53.